The predicted octanol–water partition coefficient (Wildman–Crippen LogP) is 4.66. The van der Waals surface area contributed by atoms with Crippen LogP contribution in [0.25, 0.3) is 22.6 Å². The zero-order chi connectivity index (χ0) is 20.8. The van der Waals surface area contributed by atoms with E-state index >= 15 is 0 Å². The van der Waals surface area contributed by atoms with E-state index in [1.54, 1.807) is 24.3 Å². The summed E-state index contributed by atoms with van der Waals surface area (Å²) < 4.78 is 10.7. The van der Waals surface area contributed by atoms with Crippen LogP contribution in [0.1, 0.15) is 18.5 Å². The van der Waals surface area contributed by atoms with Crippen LogP contribution in [0.4, 0.5) is 0 Å². The number of carbonyl (C=O) groups excluding carboxylic acids is 1. The van der Waals surface area contributed by atoms with Gasteiger partial charge in [-0.2, -0.15) is 0 Å². The van der Waals surface area contributed by atoms with Crippen LogP contribution in [-0.4, -0.2) is 22.7 Å². The van der Waals surface area contributed by atoms with E-state index in [1.165, 1.54) is 12.0 Å². The fraction of sp³-hybridized carbons (Fsp3) is 0.125. The summed E-state index contributed by atoms with van der Waals surface area (Å²) in [5, 5.41) is 10.5. The molecule has 0 unspecified atom stereocenters. The molecule has 1 heterocycles. The van der Waals surface area contributed by atoms with Gasteiger partial charge in [0.05, 0.1) is 6.04 Å². The molecule has 6 heteroatoms. The van der Waals surface area contributed by atoms with Gasteiger partial charge >= 0.3 is 0 Å². The number of nitrogens with one attached hydrogen (secondary N) is 1. The lowest BCUT2D eigenvalue weighted by Crippen LogP contribution is -2.31. The van der Waals surface area contributed by atoms with Crippen LogP contribution in [0.3, 0.4) is 0 Å². The first-order chi connectivity index (χ1) is 14.7. The fourth-order valence-electron chi connectivity index (χ4n) is 3.10. The van der Waals surface area contributed by atoms with Crippen molar-refractivity contribution < 1.29 is 13.9 Å². The second-order valence-corrected chi connectivity index (χ2v) is 6.83. The minimum Gasteiger partial charge on any atom is -0.484 e. The molecule has 0 saturated heterocycles. The molecule has 4 aromatic rings. The average Bonchev–Trinajstić information content (AvgIpc) is 3.34. The smallest absolute Gasteiger partial charge is 0.258 e. The highest BCUT2D eigenvalue weighted by Crippen LogP contribution is 2.22. The standard InChI is InChI=1S/C24H21N3O3/c1-17(18-7-9-20(10-8-18)19-5-3-2-4-6-19)26-23(28)15-29-22-13-11-21(12-14-22)24-27-25-16-30-24/h2-14,16-17H,15H2,1H3,(H,26,28)/t17-/m1/s1. The largest absolute Gasteiger partial charge is 0.484 e. The molecule has 0 aliphatic rings. The van der Waals surface area contributed by atoms with E-state index in [1.807, 2.05) is 37.3 Å². The van der Waals surface area contributed by atoms with Crippen molar-refractivity contribution in [1.82, 2.24) is 15.5 Å². The molecule has 0 aliphatic heterocycles. The van der Waals surface area contributed by atoms with E-state index in [9.17, 15) is 4.79 Å². The van der Waals surface area contributed by atoms with Gasteiger partial charge in [0.15, 0.2) is 6.61 Å². The van der Waals surface area contributed by atoms with Gasteiger partial charge in [0.25, 0.3) is 5.91 Å². The summed E-state index contributed by atoms with van der Waals surface area (Å²) in [4.78, 5) is 12.3. The van der Waals surface area contributed by atoms with E-state index < -0.39 is 0 Å². The second-order valence-electron chi connectivity index (χ2n) is 6.83. The Morgan fingerprint density at radius 3 is 2.27 bits per heavy atom. The maximum absolute atomic E-state index is 12.3. The van der Waals surface area contributed by atoms with Crippen LogP contribution in [0.15, 0.2) is 89.7 Å². The van der Waals surface area contributed by atoms with Crippen molar-refractivity contribution in [3.05, 3.63) is 90.8 Å². The summed E-state index contributed by atoms with van der Waals surface area (Å²) in [7, 11) is 0. The molecule has 1 aromatic heterocycles. The van der Waals surface area contributed by atoms with Crippen molar-refractivity contribution in [3.8, 4) is 28.3 Å². The molecule has 0 saturated carbocycles. The molecule has 1 atom stereocenters. The van der Waals surface area contributed by atoms with Gasteiger partial charge in [-0.3, -0.25) is 4.79 Å². The zero-order valence-electron chi connectivity index (χ0n) is 16.5. The molecule has 6 nitrogen and oxygen atoms in total. The first kappa shape index (κ1) is 19.4. The highest BCUT2D eigenvalue weighted by molar-refractivity contribution is 5.78. The first-order valence-corrected chi connectivity index (χ1v) is 9.63. The molecule has 1 amide bonds. The van der Waals surface area contributed by atoms with Crippen molar-refractivity contribution in [2.24, 2.45) is 0 Å². The second kappa shape index (κ2) is 9.05. The molecule has 30 heavy (non-hydrogen) atoms. The maximum Gasteiger partial charge on any atom is 0.258 e. The van der Waals surface area contributed by atoms with Crippen molar-refractivity contribution in [2.45, 2.75) is 13.0 Å². The minimum atomic E-state index is -0.185. The van der Waals surface area contributed by atoms with Gasteiger partial charge in [0, 0.05) is 5.56 Å². The number of ether oxygens (including phenoxy) is 1. The van der Waals surface area contributed by atoms with Crippen LogP contribution >= 0.6 is 0 Å². The summed E-state index contributed by atoms with van der Waals surface area (Å²) in [5.74, 6) is 0.843. The molecule has 0 fully saturated rings. The molecule has 4 rings (SSSR count). The summed E-state index contributed by atoms with van der Waals surface area (Å²) >= 11 is 0. The molecular formula is C24H21N3O3. The number of hydrogen-bond donors (Lipinski definition) is 1. The summed E-state index contributed by atoms with van der Waals surface area (Å²) in [5.41, 5.74) is 4.13. The Hall–Kier alpha value is -3.93. The van der Waals surface area contributed by atoms with Gasteiger partial charge < -0.3 is 14.5 Å². The number of carbonyl (C=O) groups is 1. The third kappa shape index (κ3) is 4.72. The fourth-order valence-corrected chi connectivity index (χ4v) is 3.10. The molecule has 0 spiro atoms. The minimum absolute atomic E-state index is 0.0632. The first-order valence-electron chi connectivity index (χ1n) is 9.63. The Balaban J connectivity index is 1.29. The highest BCUT2D eigenvalue weighted by Gasteiger charge is 2.11. The van der Waals surface area contributed by atoms with E-state index in [0.717, 1.165) is 16.7 Å². The molecule has 1 N–H and O–H groups in total. The topological polar surface area (TPSA) is 77.2 Å². The Kier molecular flexibility index (Phi) is 5.85. The van der Waals surface area contributed by atoms with E-state index in [2.05, 4.69) is 39.8 Å². The van der Waals surface area contributed by atoms with Crippen LogP contribution in [0.5, 0.6) is 5.75 Å². The van der Waals surface area contributed by atoms with Gasteiger partial charge in [-0.05, 0) is 47.9 Å². The number of nitrogens with zero attached hydrogens (tertiary/aromatic N) is 2. The van der Waals surface area contributed by atoms with Crippen LogP contribution in [0, 0.1) is 0 Å². The Bertz CT molecular complexity index is 1080. The molecule has 0 bridgehead atoms. The average molecular weight is 399 g/mol. The van der Waals surface area contributed by atoms with Crippen molar-refractivity contribution >= 4 is 5.91 Å². The third-order valence-electron chi connectivity index (χ3n) is 4.73. The van der Waals surface area contributed by atoms with Gasteiger partial charge in [-0.15, -0.1) is 10.2 Å². The van der Waals surface area contributed by atoms with Crippen LogP contribution in [0.2, 0.25) is 0 Å². The Morgan fingerprint density at radius 2 is 1.60 bits per heavy atom. The molecular weight excluding hydrogens is 378 g/mol. The zero-order valence-corrected chi connectivity index (χ0v) is 16.5. The number of rotatable bonds is 7. The van der Waals surface area contributed by atoms with Crippen molar-refractivity contribution in [3.63, 3.8) is 0 Å². The van der Waals surface area contributed by atoms with Crippen molar-refractivity contribution in [1.29, 1.82) is 0 Å². The van der Waals surface area contributed by atoms with E-state index in [0.29, 0.717) is 11.6 Å². The number of aromatic nitrogens is 2. The number of amides is 1. The molecule has 150 valence electrons. The van der Waals surface area contributed by atoms with E-state index in [4.69, 9.17) is 9.15 Å². The van der Waals surface area contributed by atoms with Gasteiger partial charge in [-0.1, -0.05) is 54.6 Å². The maximum atomic E-state index is 12.3. The highest BCUT2D eigenvalue weighted by atomic mass is 16.5. The van der Waals surface area contributed by atoms with Crippen molar-refractivity contribution in [2.75, 3.05) is 6.61 Å². The lowest BCUT2D eigenvalue weighted by molar-refractivity contribution is -0.123. The number of benzene rings is 3. The molecule has 3 aromatic carbocycles. The molecule has 0 aliphatic carbocycles. The lowest BCUT2D eigenvalue weighted by atomic mass is 10.0. The third-order valence-corrected chi connectivity index (χ3v) is 4.73. The summed E-state index contributed by atoms with van der Waals surface area (Å²) in [6.07, 6.45) is 1.28. The lowest BCUT2D eigenvalue weighted by Gasteiger charge is -2.15. The monoisotopic (exact) mass is 399 g/mol. The van der Waals surface area contributed by atoms with E-state index in [-0.39, 0.29) is 18.6 Å². The summed E-state index contributed by atoms with van der Waals surface area (Å²) in [6.45, 7) is 1.89. The Labute approximate surface area is 174 Å². The normalized spacial score (nSPS) is 11.6. The molecule has 0 radical (unpaired) electrons. The van der Waals surface area contributed by atoms with Gasteiger partial charge in [0.1, 0.15) is 5.75 Å². The Morgan fingerprint density at radius 1 is 0.933 bits per heavy atom. The summed E-state index contributed by atoms with van der Waals surface area (Å²) in [6, 6.07) is 25.4. The van der Waals surface area contributed by atoms with Gasteiger partial charge in [0.2, 0.25) is 12.3 Å². The predicted molar refractivity (Wildman–Crippen MR) is 114 cm³/mol. The SMILES string of the molecule is C[C@@H](NC(=O)COc1ccc(-c2nnco2)cc1)c1ccc(-c2ccccc2)cc1. The van der Waals surface area contributed by atoms with Crippen LogP contribution in [-0.2, 0) is 4.79 Å². The van der Waals surface area contributed by atoms with Crippen LogP contribution < -0.4 is 10.1 Å². The quantitative estimate of drug-likeness (QED) is 0.489. The number of hydrogen-bond acceptors (Lipinski definition) is 5. The van der Waals surface area contributed by atoms with Gasteiger partial charge in [-0.25, -0.2) is 0 Å².